The number of Topliss-reactive ketones (excluding diaryl/α,β-unsaturated/α-hetero) is 1. The number of nitrogens with zero attached hydrogens (tertiary/aromatic N) is 2. The summed E-state index contributed by atoms with van der Waals surface area (Å²) in [4.78, 5) is 29.8. The van der Waals surface area contributed by atoms with Crippen molar-refractivity contribution >= 4 is 39.1 Å². The Labute approximate surface area is 160 Å². The number of alkyl halides is 3. The van der Waals surface area contributed by atoms with E-state index in [2.05, 4.69) is 31.0 Å². The normalized spacial score (nSPS) is 14.4. The van der Waals surface area contributed by atoms with Crippen molar-refractivity contribution in [1.82, 2.24) is 4.98 Å². The van der Waals surface area contributed by atoms with E-state index in [0.717, 1.165) is 12.1 Å². The summed E-state index contributed by atoms with van der Waals surface area (Å²) in [5, 5.41) is 2.57. The molecule has 1 fully saturated rings. The van der Waals surface area contributed by atoms with Gasteiger partial charge in [-0.1, -0.05) is 0 Å². The quantitative estimate of drug-likeness (QED) is 0.778. The molecule has 1 aliphatic rings. The van der Waals surface area contributed by atoms with Crippen molar-refractivity contribution in [3.05, 3.63) is 46.6 Å². The first-order valence-corrected chi connectivity index (χ1v) is 8.60. The van der Waals surface area contributed by atoms with Crippen LogP contribution in [0.4, 0.5) is 24.7 Å². The lowest BCUT2D eigenvalue weighted by Gasteiger charge is -2.17. The van der Waals surface area contributed by atoms with E-state index < -0.39 is 12.3 Å². The molecule has 0 aliphatic carbocycles. The van der Waals surface area contributed by atoms with Crippen LogP contribution in [0.25, 0.3) is 0 Å². The van der Waals surface area contributed by atoms with Gasteiger partial charge in [0.05, 0.1) is 16.6 Å². The lowest BCUT2D eigenvalue weighted by atomic mass is 10.2. The number of halogens is 4. The second kappa shape index (κ2) is 7.55. The van der Waals surface area contributed by atoms with Crippen LogP contribution in [0.3, 0.4) is 0 Å². The van der Waals surface area contributed by atoms with Gasteiger partial charge in [-0.15, -0.1) is 13.2 Å². The van der Waals surface area contributed by atoms with Gasteiger partial charge in [-0.25, -0.2) is 4.98 Å². The van der Waals surface area contributed by atoms with Gasteiger partial charge in [0.1, 0.15) is 11.6 Å². The van der Waals surface area contributed by atoms with Gasteiger partial charge in [-0.05, 0) is 46.3 Å². The lowest BCUT2D eigenvalue weighted by molar-refractivity contribution is -0.274. The van der Waals surface area contributed by atoms with Gasteiger partial charge in [-0.3, -0.25) is 9.59 Å². The maximum atomic E-state index is 12.3. The van der Waals surface area contributed by atoms with Crippen molar-refractivity contribution in [3.63, 3.8) is 0 Å². The van der Waals surface area contributed by atoms with E-state index in [9.17, 15) is 22.8 Å². The van der Waals surface area contributed by atoms with Crippen LogP contribution in [0.2, 0.25) is 0 Å². The molecule has 2 aromatic rings. The number of hydrogen-bond acceptors (Lipinski definition) is 5. The Morgan fingerprint density at radius 1 is 1.26 bits per heavy atom. The number of amides is 1. The first-order valence-electron chi connectivity index (χ1n) is 7.80. The second-order valence-electron chi connectivity index (χ2n) is 5.77. The standard InChI is InChI=1S/C17H13BrF3N3O3/c18-14-7-10(8-22-15(14)24-6-5-12(25)9-24)16(26)23-11-1-3-13(4-2-11)27-17(19,20)21/h1-4,7-8H,5-6,9H2,(H,23,26). The number of rotatable bonds is 4. The van der Waals surface area contributed by atoms with E-state index in [1.807, 2.05) is 4.90 Å². The van der Waals surface area contributed by atoms with E-state index in [-0.39, 0.29) is 23.6 Å². The lowest BCUT2D eigenvalue weighted by Crippen LogP contribution is -2.22. The molecular weight excluding hydrogens is 431 g/mol. The van der Waals surface area contributed by atoms with Gasteiger partial charge in [0, 0.05) is 24.8 Å². The Morgan fingerprint density at radius 3 is 2.52 bits per heavy atom. The molecule has 2 heterocycles. The number of carbonyl (C=O) groups excluding carboxylic acids is 2. The van der Waals surface area contributed by atoms with Gasteiger partial charge < -0.3 is 15.0 Å². The summed E-state index contributed by atoms with van der Waals surface area (Å²) >= 11 is 3.35. The van der Waals surface area contributed by atoms with Crippen molar-refractivity contribution in [2.75, 3.05) is 23.3 Å². The number of benzene rings is 1. The number of anilines is 2. The monoisotopic (exact) mass is 443 g/mol. The maximum absolute atomic E-state index is 12.3. The molecule has 142 valence electrons. The number of pyridine rings is 1. The number of ether oxygens (including phenoxy) is 1. The Kier molecular flexibility index (Phi) is 5.36. The summed E-state index contributed by atoms with van der Waals surface area (Å²) in [6.45, 7) is 0.853. The van der Waals surface area contributed by atoms with E-state index in [1.54, 1.807) is 6.07 Å². The Bertz CT molecular complexity index is 872. The summed E-state index contributed by atoms with van der Waals surface area (Å²) in [6, 6.07) is 6.37. The highest BCUT2D eigenvalue weighted by Gasteiger charge is 2.31. The molecule has 1 N–H and O–H groups in total. The summed E-state index contributed by atoms with van der Waals surface area (Å²) in [6.07, 6.45) is -2.94. The molecule has 0 unspecified atom stereocenters. The van der Waals surface area contributed by atoms with Gasteiger partial charge in [0.25, 0.3) is 5.91 Å². The number of ketones is 1. The van der Waals surface area contributed by atoms with Crippen LogP contribution in [0, 0.1) is 0 Å². The van der Waals surface area contributed by atoms with Gasteiger partial charge in [0.15, 0.2) is 5.78 Å². The largest absolute Gasteiger partial charge is 0.573 e. The van der Waals surface area contributed by atoms with Crippen LogP contribution < -0.4 is 15.0 Å². The minimum Gasteiger partial charge on any atom is -0.406 e. The number of nitrogens with one attached hydrogen (secondary N) is 1. The number of aromatic nitrogens is 1. The van der Waals surface area contributed by atoms with E-state index in [1.165, 1.54) is 18.3 Å². The second-order valence-corrected chi connectivity index (χ2v) is 6.62. The fourth-order valence-electron chi connectivity index (χ4n) is 2.54. The molecule has 1 aliphatic heterocycles. The Balaban J connectivity index is 1.67. The molecule has 1 amide bonds. The summed E-state index contributed by atoms with van der Waals surface area (Å²) in [5.41, 5.74) is 0.562. The first-order chi connectivity index (χ1) is 12.7. The van der Waals surface area contributed by atoms with Crippen molar-refractivity contribution in [3.8, 4) is 5.75 Å². The zero-order valence-corrected chi connectivity index (χ0v) is 15.3. The van der Waals surface area contributed by atoms with Crippen molar-refractivity contribution < 1.29 is 27.5 Å². The van der Waals surface area contributed by atoms with Crippen LogP contribution >= 0.6 is 15.9 Å². The molecule has 1 aromatic heterocycles. The molecule has 1 saturated heterocycles. The van der Waals surface area contributed by atoms with Crippen molar-refractivity contribution in [1.29, 1.82) is 0 Å². The molecule has 0 radical (unpaired) electrons. The highest BCUT2D eigenvalue weighted by molar-refractivity contribution is 9.10. The molecule has 0 bridgehead atoms. The molecular formula is C17H13BrF3N3O3. The van der Waals surface area contributed by atoms with Gasteiger partial charge >= 0.3 is 6.36 Å². The predicted molar refractivity (Wildman–Crippen MR) is 94.9 cm³/mol. The zero-order chi connectivity index (χ0) is 19.6. The van der Waals surface area contributed by atoms with Crippen LogP contribution in [0.5, 0.6) is 5.75 Å². The molecule has 10 heteroatoms. The molecule has 1 aromatic carbocycles. The van der Waals surface area contributed by atoms with E-state index in [0.29, 0.717) is 28.9 Å². The van der Waals surface area contributed by atoms with Crippen LogP contribution in [-0.2, 0) is 4.79 Å². The third-order valence-electron chi connectivity index (χ3n) is 3.76. The predicted octanol–water partition coefficient (Wildman–Crippen LogP) is 3.77. The summed E-state index contributed by atoms with van der Waals surface area (Å²) < 4.78 is 40.8. The van der Waals surface area contributed by atoms with E-state index >= 15 is 0 Å². The first kappa shape index (κ1) is 19.2. The topological polar surface area (TPSA) is 71.5 Å². The van der Waals surface area contributed by atoms with Crippen LogP contribution in [-0.4, -0.2) is 36.1 Å². The Hall–Kier alpha value is -2.62. The molecule has 0 atom stereocenters. The SMILES string of the molecule is O=C1CCN(c2ncc(C(=O)Nc3ccc(OC(F)(F)F)cc3)cc2Br)C1. The smallest absolute Gasteiger partial charge is 0.406 e. The fraction of sp³-hybridized carbons (Fsp3) is 0.235. The summed E-state index contributed by atoms with van der Waals surface area (Å²) in [7, 11) is 0. The van der Waals surface area contributed by atoms with Crippen LogP contribution in [0.1, 0.15) is 16.8 Å². The minimum atomic E-state index is -4.77. The molecule has 0 spiro atoms. The minimum absolute atomic E-state index is 0.128. The average Bonchev–Trinajstić information content (AvgIpc) is 3.01. The molecule has 6 nitrogen and oxygen atoms in total. The molecule has 3 rings (SSSR count). The third-order valence-corrected chi connectivity index (χ3v) is 4.34. The molecule has 0 saturated carbocycles. The molecule has 27 heavy (non-hydrogen) atoms. The van der Waals surface area contributed by atoms with Crippen LogP contribution in [0.15, 0.2) is 41.0 Å². The number of carbonyl (C=O) groups is 2. The third kappa shape index (κ3) is 4.97. The highest BCUT2D eigenvalue weighted by atomic mass is 79.9. The number of hydrogen-bond donors (Lipinski definition) is 1. The van der Waals surface area contributed by atoms with Gasteiger partial charge in [0.2, 0.25) is 0 Å². The zero-order valence-electron chi connectivity index (χ0n) is 13.7. The highest BCUT2D eigenvalue weighted by Crippen LogP contribution is 2.27. The summed E-state index contributed by atoms with van der Waals surface area (Å²) in [5.74, 6) is -0.152. The average molecular weight is 444 g/mol. The van der Waals surface area contributed by atoms with Crippen molar-refractivity contribution in [2.45, 2.75) is 12.8 Å². The Morgan fingerprint density at radius 2 is 1.96 bits per heavy atom. The fourth-order valence-corrected chi connectivity index (χ4v) is 3.14. The van der Waals surface area contributed by atoms with Gasteiger partial charge in [-0.2, -0.15) is 0 Å². The van der Waals surface area contributed by atoms with Crippen molar-refractivity contribution in [2.24, 2.45) is 0 Å². The van der Waals surface area contributed by atoms with E-state index in [4.69, 9.17) is 0 Å². The maximum Gasteiger partial charge on any atom is 0.573 e.